The normalized spacial score (nSPS) is 10.7. The summed E-state index contributed by atoms with van der Waals surface area (Å²) in [6.45, 7) is 4.77. The highest BCUT2D eigenvalue weighted by Crippen LogP contribution is 2.25. The quantitative estimate of drug-likeness (QED) is 0.939. The van der Waals surface area contributed by atoms with E-state index >= 15 is 0 Å². The number of aryl methyl sites for hydroxylation is 3. The van der Waals surface area contributed by atoms with Gasteiger partial charge in [-0.3, -0.25) is 0 Å². The van der Waals surface area contributed by atoms with Crippen molar-refractivity contribution in [1.82, 2.24) is 9.97 Å². The summed E-state index contributed by atoms with van der Waals surface area (Å²) in [7, 11) is 0. The van der Waals surface area contributed by atoms with Gasteiger partial charge in [0.1, 0.15) is 5.82 Å². The van der Waals surface area contributed by atoms with Gasteiger partial charge in [0.2, 0.25) is 0 Å². The molecule has 0 amide bonds. The number of halogens is 1. The number of benzene rings is 1. The molecule has 1 heterocycles. The maximum atomic E-state index is 5.55. The monoisotopic (exact) mass is 319 g/mol. The van der Waals surface area contributed by atoms with Crippen LogP contribution in [0.1, 0.15) is 23.5 Å². The van der Waals surface area contributed by atoms with Crippen molar-refractivity contribution in [3.63, 3.8) is 0 Å². The minimum Gasteiger partial charge on any atom is -0.330 e. The van der Waals surface area contributed by atoms with Crippen molar-refractivity contribution in [2.45, 2.75) is 26.7 Å². The summed E-state index contributed by atoms with van der Waals surface area (Å²) in [5, 5.41) is 0. The molecule has 2 N–H and O–H groups in total. The largest absolute Gasteiger partial charge is 0.330 e. The molecule has 1 aromatic heterocycles. The van der Waals surface area contributed by atoms with Gasteiger partial charge in [-0.1, -0.05) is 22.0 Å². The van der Waals surface area contributed by atoms with E-state index in [4.69, 9.17) is 5.73 Å². The van der Waals surface area contributed by atoms with Gasteiger partial charge >= 0.3 is 0 Å². The fourth-order valence-electron chi connectivity index (χ4n) is 2.01. The molecule has 0 radical (unpaired) electrons. The summed E-state index contributed by atoms with van der Waals surface area (Å²) >= 11 is 3.51. The highest BCUT2D eigenvalue weighted by molar-refractivity contribution is 9.10. The summed E-state index contributed by atoms with van der Waals surface area (Å²) in [5.74, 6) is 0.875. The van der Waals surface area contributed by atoms with Gasteiger partial charge in [-0.25, -0.2) is 9.97 Å². The average molecular weight is 320 g/mol. The number of hydrogen-bond acceptors (Lipinski definition) is 3. The van der Waals surface area contributed by atoms with Crippen LogP contribution in [0.2, 0.25) is 0 Å². The average Bonchev–Trinajstić information content (AvgIpc) is 2.38. The van der Waals surface area contributed by atoms with E-state index in [9.17, 15) is 0 Å². The molecule has 0 aliphatic heterocycles. The van der Waals surface area contributed by atoms with Gasteiger partial charge in [-0.15, -0.1) is 0 Å². The van der Waals surface area contributed by atoms with Crippen LogP contribution in [0.15, 0.2) is 28.7 Å². The van der Waals surface area contributed by atoms with Gasteiger partial charge < -0.3 is 5.73 Å². The Labute approximate surface area is 122 Å². The summed E-state index contributed by atoms with van der Waals surface area (Å²) in [6, 6.07) is 8.27. The van der Waals surface area contributed by atoms with E-state index in [1.165, 1.54) is 5.56 Å². The van der Waals surface area contributed by atoms with Gasteiger partial charge in [0.05, 0.1) is 5.69 Å². The van der Waals surface area contributed by atoms with Crippen molar-refractivity contribution in [2.24, 2.45) is 5.73 Å². The van der Waals surface area contributed by atoms with Crippen molar-refractivity contribution in [3.05, 3.63) is 45.8 Å². The molecule has 0 aliphatic carbocycles. The molecular weight excluding hydrogens is 302 g/mol. The molecule has 100 valence electrons. The SMILES string of the molecule is Cc1cc(-c2cc(Br)ccc2C)nc(CCCN)n1. The Morgan fingerprint density at radius 3 is 2.68 bits per heavy atom. The molecule has 0 fully saturated rings. The second-order valence-corrected chi connectivity index (χ2v) is 5.58. The molecule has 0 aliphatic rings. The molecule has 0 bridgehead atoms. The molecule has 0 atom stereocenters. The molecule has 0 saturated heterocycles. The van der Waals surface area contributed by atoms with Gasteiger partial charge in [-0.2, -0.15) is 0 Å². The predicted octanol–water partition coefficient (Wildman–Crippen LogP) is 3.41. The highest BCUT2D eigenvalue weighted by Gasteiger charge is 2.07. The first-order chi connectivity index (χ1) is 9.10. The van der Waals surface area contributed by atoms with Gasteiger partial charge in [0.15, 0.2) is 0 Å². The molecule has 4 heteroatoms. The molecule has 2 aromatic rings. The second kappa shape index (κ2) is 6.26. The summed E-state index contributed by atoms with van der Waals surface area (Å²) in [4.78, 5) is 9.13. The Hall–Kier alpha value is -1.26. The van der Waals surface area contributed by atoms with E-state index < -0.39 is 0 Å². The van der Waals surface area contributed by atoms with Gasteiger partial charge in [0, 0.05) is 22.2 Å². The van der Waals surface area contributed by atoms with Crippen molar-refractivity contribution >= 4 is 15.9 Å². The van der Waals surface area contributed by atoms with Crippen LogP contribution >= 0.6 is 15.9 Å². The standard InChI is InChI=1S/C15H18BrN3/c1-10-5-6-12(16)9-13(10)14-8-11(2)18-15(19-14)4-3-7-17/h5-6,8-9H,3-4,7,17H2,1-2H3. The van der Waals surface area contributed by atoms with Crippen LogP contribution in [0, 0.1) is 13.8 Å². The lowest BCUT2D eigenvalue weighted by Crippen LogP contribution is -2.05. The molecule has 0 saturated carbocycles. The lowest BCUT2D eigenvalue weighted by Gasteiger charge is -2.09. The van der Waals surface area contributed by atoms with E-state index in [1.54, 1.807) is 0 Å². The van der Waals surface area contributed by atoms with E-state index in [-0.39, 0.29) is 0 Å². The van der Waals surface area contributed by atoms with Crippen molar-refractivity contribution in [2.75, 3.05) is 6.54 Å². The van der Waals surface area contributed by atoms with Crippen molar-refractivity contribution < 1.29 is 0 Å². The number of aromatic nitrogens is 2. The number of rotatable bonds is 4. The van der Waals surface area contributed by atoms with E-state index in [2.05, 4.69) is 45.0 Å². The first-order valence-corrected chi connectivity index (χ1v) is 7.20. The Morgan fingerprint density at radius 1 is 1.16 bits per heavy atom. The van der Waals surface area contributed by atoms with Crippen LogP contribution in [-0.4, -0.2) is 16.5 Å². The fourth-order valence-corrected chi connectivity index (χ4v) is 2.37. The maximum absolute atomic E-state index is 5.55. The summed E-state index contributed by atoms with van der Waals surface area (Å²) < 4.78 is 1.06. The third-order valence-corrected chi connectivity index (χ3v) is 3.47. The molecule has 2 rings (SSSR count). The first kappa shape index (κ1) is 14.2. The molecule has 3 nitrogen and oxygen atoms in total. The Morgan fingerprint density at radius 2 is 1.95 bits per heavy atom. The van der Waals surface area contributed by atoms with Crippen LogP contribution in [0.25, 0.3) is 11.3 Å². The number of nitrogens with two attached hydrogens (primary N) is 1. The van der Waals surface area contributed by atoms with E-state index in [0.29, 0.717) is 6.54 Å². The zero-order valence-corrected chi connectivity index (χ0v) is 12.9. The molecule has 0 unspecified atom stereocenters. The number of hydrogen-bond donors (Lipinski definition) is 1. The fraction of sp³-hybridized carbons (Fsp3) is 0.333. The maximum Gasteiger partial charge on any atom is 0.129 e. The lowest BCUT2D eigenvalue weighted by atomic mass is 10.1. The van der Waals surface area contributed by atoms with Crippen LogP contribution in [-0.2, 0) is 6.42 Å². The van der Waals surface area contributed by atoms with Crippen molar-refractivity contribution in [3.8, 4) is 11.3 Å². The Balaban J connectivity index is 2.43. The van der Waals surface area contributed by atoms with Crippen LogP contribution in [0.3, 0.4) is 0 Å². The number of nitrogens with zero attached hydrogens (tertiary/aromatic N) is 2. The Kier molecular flexibility index (Phi) is 4.66. The van der Waals surface area contributed by atoms with Gasteiger partial charge in [-0.05, 0) is 50.6 Å². The molecule has 0 spiro atoms. The third kappa shape index (κ3) is 3.61. The zero-order valence-electron chi connectivity index (χ0n) is 11.3. The third-order valence-electron chi connectivity index (χ3n) is 2.98. The molecule has 19 heavy (non-hydrogen) atoms. The van der Waals surface area contributed by atoms with Crippen LogP contribution in [0.5, 0.6) is 0 Å². The predicted molar refractivity (Wildman–Crippen MR) is 82.0 cm³/mol. The zero-order chi connectivity index (χ0) is 13.8. The van der Waals surface area contributed by atoms with Gasteiger partial charge in [0.25, 0.3) is 0 Å². The summed E-state index contributed by atoms with van der Waals surface area (Å²) in [6.07, 6.45) is 1.75. The minimum absolute atomic E-state index is 0.669. The smallest absolute Gasteiger partial charge is 0.129 e. The highest BCUT2D eigenvalue weighted by atomic mass is 79.9. The topological polar surface area (TPSA) is 51.8 Å². The Bertz CT molecular complexity index is 582. The van der Waals surface area contributed by atoms with E-state index in [1.807, 2.05) is 19.1 Å². The lowest BCUT2D eigenvalue weighted by molar-refractivity contribution is 0.776. The minimum atomic E-state index is 0.669. The van der Waals surface area contributed by atoms with Crippen LogP contribution in [0.4, 0.5) is 0 Å². The first-order valence-electron chi connectivity index (χ1n) is 6.41. The molecular formula is C15H18BrN3. The second-order valence-electron chi connectivity index (χ2n) is 4.66. The van der Waals surface area contributed by atoms with Crippen molar-refractivity contribution in [1.29, 1.82) is 0 Å². The molecule has 1 aromatic carbocycles. The van der Waals surface area contributed by atoms with E-state index in [0.717, 1.165) is 40.1 Å². The van der Waals surface area contributed by atoms with Crippen LogP contribution < -0.4 is 5.73 Å². The summed E-state index contributed by atoms with van der Waals surface area (Å²) in [5.41, 5.74) is 9.89.